The normalized spacial score (nSPS) is 13.8. The van der Waals surface area contributed by atoms with Gasteiger partial charge in [-0.2, -0.15) is 0 Å². The molecule has 100 valence electrons. The predicted molar refractivity (Wildman–Crippen MR) is 68.5 cm³/mol. The molecule has 2 atom stereocenters. The fourth-order valence-corrected chi connectivity index (χ4v) is 1.72. The van der Waals surface area contributed by atoms with Gasteiger partial charge in [0.2, 0.25) is 0 Å². The molecule has 0 amide bonds. The van der Waals surface area contributed by atoms with E-state index in [1.165, 1.54) is 0 Å². The fraction of sp³-hybridized carbons (Fsp3) is 0.500. The molecule has 2 unspecified atom stereocenters. The smallest absolute Gasteiger partial charge is 0.311 e. The fourth-order valence-electron chi connectivity index (χ4n) is 1.72. The Bertz CT molecular complexity index is 370. The number of methoxy groups -OCH3 is 1. The van der Waals surface area contributed by atoms with Gasteiger partial charge in [0.15, 0.2) is 0 Å². The van der Waals surface area contributed by atoms with Crippen LogP contribution < -0.4 is 4.74 Å². The minimum Gasteiger partial charge on any atom is -0.497 e. The minimum atomic E-state index is -0.730. The van der Waals surface area contributed by atoms with E-state index < -0.39 is 12.0 Å². The summed E-state index contributed by atoms with van der Waals surface area (Å²) < 4.78 is 10.0. The van der Waals surface area contributed by atoms with Gasteiger partial charge in [0, 0.05) is 0 Å². The number of rotatable bonds is 6. The molecule has 4 nitrogen and oxygen atoms in total. The van der Waals surface area contributed by atoms with Gasteiger partial charge < -0.3 is 14.6 Å². The zero-order chi connectivity index (χ0) is 13.5. The lowest BCUT2D eigenvalue weighted by Crippen LogP contribution is -2.29. The van der Waals surface area contributed by atoms with Crippen LogP contribution in [0, 0.1) is 5.92 Å². The molecule has 1 aromatic rings. The number of hydrogen-bond acceptors (Lipinski definition) is 4. The Labute approximate surface area is 108 Å². The Morgan fingerprint density at radius 3 is 2.39 bits per heavy atom. The lowest BCUT2D eigenvalue weighted by molar-refractivity contribution is -0.151. The number of ether oxygens (including phenoxy) is 2. The van der Waals surface area contributed by atoms with Crippen molar-refractivity contribution in [3.63, 3.8) is 0 Å². The average Bonchev–Trinajstić information content (AvgIpc) is 2.36. The van der Waals surface area contributed by atoms with Crippen molar-refractivity contribution >= 4 is 5.97 Å². The van der Waals surface area contributed by atoms with Crippen molar-refractivity contribution < 1.29 is 19.4 Å². The quantitative estimate of drug-likeness (QED) is 0.784. The topological polar surface area (TPSA) is 55.8 Å². The lowest BCUT2D eigenvalue weighted by atomic mass is 9.95. The maximum Gasteiger partial charge on any atom is 0.311 e. The van der Waals surface area contributed by atoms with Crippen LogP contribution in [0.15, 0.2) is 24.3 Å². The Kier molecular flexibility index (Phi) is 5.65. The van der Waals surface area contributed by atoms with E-state index in [4.69, 9.17) is 9.47 Å². The molecule has 0 saturated heterocycles. The molecule has 1 aromatic carbocycles. The molecule has 0 aliphatic rings. The minimum absolute atomic E-state index is 0.324. The summed E-state index contributed by atoms with van der Waals surface area (Å²) in [5.74, 6) is -0.120. The third kappa shape index (κ3) is 4.04. The average molecular weight is 252 g/mol. The van der Waals surface area contributed by atoms with Crippen LogP contribution in [-0.4, -0.2) is 30.9 Å². The van der Waals surface area contributed by atoms with Crippen LogP contribution in [0.3, 0.4) is 0 Å². The lowest BCUT2D eigenvalue weighted by Gasteiger charge is -2.18. The van der Waals surface area contributed by atoms with E-state index in [2.05, 4.69) is 0 Å². The second-order valence-corrected chi connectivity index (χ2v) is 4.15. The molecule has 0 aliphatic heterocycles. The number of hydrogen-bond donors (Lipinski definition) is 1. The Balaban J connectivity index is 2.73. The van der Waals surface area contributed by atoms with Crippen LogP contribution in [0.25, 0.3) is 0 Å². The summed E-state index contributed by atoms with van der Waals surface area (Å²) in [7, 11) is 1.60. The number of aliphatic hydroxyl groups excluding tert-OH is 1. The zero-order valence-electron chi connectivity index (χ0n) is 11.1. The van der Waals surface area contributed by atoms with E-state index in [0.717, 1.165) is 11.3 Å². The Morgan fingerprint density at radius 1 is 1.33 bits per heavy atom. The number of carbonyl (C=O) groups is 1. The highest BCUT2D eigenvalue weighted by molar-refractivity contribution is 5.73. The Hall–Kier alpha value is -1.55. The SMILES string of the molecule is CCOC(=O)C(Cc1ccc(OC)cc1)C(C)O. The highest BCUT2D eigenvalue weighted by Gasteiger charge is 2.25. The van der Waals surface area contributed by atoms with Crippen molar-refractivity contribution in [2.75, 3.05) is 13.7 Å². The highest BCUT2D eigenvalue weighted by atomic mass is 16.5. The van der Waals surface area contributed by atoms with Gasteiger partial charge in [0.05, 0.1) is 25.7 Å². The number of esters is 1. The summed E-state index contributed by atoms with van der Waals surface area (Å²) in [5, 5.41) is 9.65. The van der Waals surface area contributed by atoms with Gasteiger partial charge in [-0.05, 0) is 38.0 Å². The molecule has 0 radical (unpaired) electrons. The third-order valence-electron chi connectivity index (χ3n) is 2.79. The summed E-state index contributed by atoms with van der Waals surface area (Å²) in [6, 6.07) is 7.43. The van der Waals surface area contributed by atoms with E-state index in [9.17, 15) is 9.90 Å². The van der Waals surface area contributed by atoms with Gasteiger partial charge in [0.1, 0.15) is 5.75 Å². The van der Waals surface area contributed by atoms with Crippen LogP contribution in [0.4, 0.5) is 0 Å². The summed E-state index contributed by atoms with van der Waals surface area (Å²) >= 11 is 0. The third-order valence-corrected chi connectivity index (χ3v) is 2.79. The first-order valence-electron chi connectivity index (χ1n) is 6.06. The first-order valence-corrected chi connectivity index (χ1v) is 6.06. The molecule has 1 N–H and O–H groups in total. The molecule has 0 heterocycles. The molecule has 0 fully saturated rings. The standard InChI is InChI=1S/C14H20O4/c1-4-18-14(16)13(10(2)15)9-11-5-7-12(17-3)8-6-11/h5-8,10,13,15H,4,9H2,1-3H3. The van der Waals surface area contributed by atoms with E-state index >= 15 is 0 Å². The van der Waals surface area contributed by atoms with Gasteiger partial charge in [-0.3, -0.25) is 4.79 Å². The molecule has 0 aliphatic carbocycles. The molecule has 0 aromatic heterocycles. The molecule has 4 heteroatoms. The zero-order valence-corrected chi connectivity index (χ0v) is 11.1. The van der Waals surface area contributed by atoms with Gasteiger partial charge >= 0.3 is 5.97 Å². The van der Waals surface area contributed by atoms with Crippen molar-refractivity contribution in [2.45, 2.75) is 26.4 Å². The molecule has 0 saturated carbocycles. The summed E-state index contributed by atoms with van der Waals surface area (Å²) in [6.45, 7) is 3.68. The van der Waals surface area contributed by atoms with Gasteiger partial charge in [-0.25, -0.2) is 0 Å². The summed E-state index contributed by atoms with van der Waals surface area (Å²) in [4.78, 5) is 11.7. The molecular weight excluding hydrogens is 232 g/mol. The number of aliphatic hydroxyl groups is 1. The van der Waals surface area contributed by atoms with Gasteiger partial charge in [0.25, 0.3) is 0 Å². The predicted octanol–water partition coefficient (Wildman–Crippen LogP) is 1.80. The maximum absolute atomic E-state index is 11.7. The van der Waals surface area contributed by atoms with E-state index in [1.54, 1.807) is 21.0 Å². The van der Waals surface area contributed by atoms with Crippen molar-refractivity contribution in [3.8, 4) is 5.75 Å². The number of benzene rings is 1. The second-order valence-electron chi connectivity index (χ2n) is 4.15. The van der Waals surface area contributed by atoms with Crippen molar-refractivity contribution in [1.29, 1.82) is 0 Å². The monoisotopic (exact) mass is 252 g/mol. The number of carbonyl (C=O) groups excluding carboxylic acids is 1. The molecular formula is C14H20O4. The Morgan fingerprint density at radius 2 is 1.94 bits per heavy atom. The maximum atomic E-state index is 11.7. The van der Waals surface area contributed by atoms with E-state index in [-0.39, 0.29) is 5.97 Å². The van der Waals surface area contributed by atoms with Crippen molar-refractivity contribution in [1.82, 2.24) is 0 Å². The van der Waals surface area contributed by atoms with E-state index in [0.29, 0.717) is 13.0 Å². The summed E-state index contributed by atoms with van der Waals surface area (Å²) in [5.41, 5.74) is 0.967. The van der Waals surface area contributed by atoms with Gasteiger partial charge in [-0.15, -0.1) is 0 Å². The summed E-state index contributed by atoms with van der Waals surface area (Å²) in [6.07, 6.45) is -0.272. The van der Waals surface area contributed by atoms with Crippen LogP contribution in [-0.2, 0) is 16.0 Å². The first kappa shape index (κ1) is 14.5. The van der Waals surface area contributed by atoms with Crippen LogP contribution in [0.5, 0.6) is 5.75 Å². The molecule has 0 spiro atoms. The molecule has 18 heavy (non-hydrogen) atoms. The highest BCUT2D eigenvalue weighted by Crippen LogP contribution is 2.17. The van der Waals surface area contributed by atoms with E-state index in [1.807, 2.05) is 24.3 Å². The molecule has 1 rings (SSSR count). The van der Waals surface area contributed by atoms with Gasteiger partial charge in [-0.1, -0.05) is 12.1 Å². The van der Waals surface area contributed by atoms with Crippen LogP contribution in [0.2, 0.25) is 0 Å². The largest absolute Gasteiger partial charge is 0.497 e. The molecule has 0 bridgehead atoms. The van der Waals surface area contributed by atoms with Crippen molar-refractivity contribution in [3.05, 3.63) is 29.8 Å². The van der Waals surface area contributed by atoms with Crippen LogP contribution >= 0.6 is 0 Å². The van der Waals surface area contributed by atoms with Crippen LogP contribution in [0.1, 0.15) is 19.4 Å². The first-order chi connectivity index (χ1) is 8.58. The second kappa shape index (κ2) is 7.01. The van der Waals surface area contributed by atoms with Crippen molar-refractivity contribution in [2.24, 2.45) is 5.92 Å².